The van der Waals surface area contributed by atoms with Crippen LogP contribution >= 0.6 is 0 Å². The molecule has 2 atom stereocenters. The van der Waals surface area contributed by atoms with Gasteiger partial charge in [-0.2, -0.15) is 0 Å². The number of Topliss-reactive ketones (excluding diaryl/α,β-unsaturated/α-hetero) is 1. The van der Waals surface area contributed by atoms with Gasteiger partial charge < -0.3 is 18.6 Å². The number of rotatable bonds is 5. The maximum absolute atomic E-state index is 12.9. The van der Waals surface area contributed by atoms with Crippen LogP contribution < -0.4 is 15.1 Å². The number of benzene rings is 1. The fourth-order valence-corrected chi connectivity index (χ4v) is 3.29. The monoisotopic (exact) mass is 388 g/mol. The van der Waals surface area contributed by atoms with Gasteiger partial charge in [-0.1, -0.05) is 6.92 Å². The smallest absolute Gasteiger partial charge is 0.336 e. The molecule has 28 heavy (non-hydrogen) atoms. The van der Waals surface area contributed by atoms with Crippen molar-refractivity contribution in [2.75, 3.05) is 6.61 Å². The van der Waals surface area contributed by atoms with E-state index in [-0.39, 0.29) is 42.2 Å². The van der Waals surface area contributed by atoms with Crippen molar-refractivity contribution < 1.29 is 28.2 Å². The summed E-state index contributed by atoms with van der Waals surface area (Å²) in [5.41, 5.74) is 0.0280. The topological polar surface area (TPSA) is 92.0 Å². The predicted octanol–water partition coefficient (Wildman–Crippen LogP) is 3.29. The number of ether oxygens (including phenoxy) is 3. The van der Waals surface area contributed by atoms with Crippen LogP contribution in [0.4, 0.5) is 0 Å². The van der Waals surface area contributed by atoms with Crippen LogP contribution in [0.15, 0.2) is 21.3 Å². The van der Waals surface area contributed by atoms with Crippen molar-refractivity contribution in [3.8, 4) is 11.5 Å². The molecular weight excluding hydrogens is 364 g/mol. The van der Waals surface area contributed by atoms with Gasteiger partial charge in [0.05, 0.1) is 30.4 Å². The Morgan fingerprint density at radius 1 is 1.21 bits per heavy atom. The Labute approximate surface area is 162 Å². The molecule has 0 saturated carbocycles. The fraction of sp³-hybridized carbons (Fsp3) is 0.476. The third kappa shape index (κ3) is 3.61. The van der Waals surface area contributed by atoms with Crippen molar-refractivity contribution in [1.82, 2.24) is 0 Å². The van der Waals surface area contributed by atoms with Gasteiger partial charge in [0.1, 0.15) is 23.2 Å². The van der Waals surface area contributed by atoms with E-state index in [2.05, 4.69) is 0 Å². The summed E-state index contributed by atoms with van der Waals surface area (Å²) >= 11 is 0. The summed E-state index contributed by atoms with van der Waals surface area (Å²) in [5.74, 6) is -0.346. The van der Waals surface area contributed by atoms with Crippen molar-refractivity contribution in [2.45, 2.75) is 53.2 Å². The predicted molar refractivity (Wildman–Crippen MR) is 102 cm³/mol. The lowest BCUT2D eigenvalue weighted by molar-refractivity contribution is -0.142. The van der Waals surface area contributed by atoms with E-state index in [1.807, 2.05) is 20.8 Å². The van der Waals surface area contributed by atoms with Gasteiger partial charge >= 0.3 is 11.6 Å². The van der Waals surface area contributed by atoms with Crippen molar-refractivity contribution in [2.24, 2.45) is 5.92 Å². The molecular formula is C21H24O7. The summed E-state index contributed by atoms with van der Waals surface area (Å²) in [6.07, 6.45) is -0.637. The van der Waals surface area contributed by atoms with E-state index in [4.69, 9.17) is 18.6 Å². The number of carbonyl (C=O) groups excluding carboxylic acids is 2. The van der Waals surface area contributed by atoms with Crippen LogP contribution in [0.2, 0.25) is 0 Å². The van der Waals surface area contributed by atoms with Crippen molar-refractivity contribution in [1.29, 1.82) is 0 Å². The lowest BCUT2D eigenvalue weighted by atomic mass is 9.89. The number of ketones is 1. The quantitative estimate of drug-likeness (QED) is 0.573. The summed E-state index contributed by atoms with van der Waals surface area (Å²) in [5, 5.41) is 0.416. The van der Waals surface area contributed by atoms with E-state index in [9.17, 15) is 14.4 Å². The van der Waals surface area contributed by atoms with Crippen molar-refractivity contribution in [3.63, 3.8) is 0 Å². The second-order valence-corrected chi connectivity index (χ2v) is 7.17. The third-order valence-electron chi connectivity index (χ3n) is 4.70. The molecule has 7 nitrogen and oxygen atoms in total. The summed E-state index contributed by atoms with van der Waals surface area (Å²) in [6.45, 7) is 9.22. The summed E-state index contributed by atoms with van der Waals surface area (Å²) < 4.78 is 22.2. The second kappa shape index (κ2) is 7.66. The van der Waals surface area contributed by atoms with E-state index in [0.29, 0.717) is 22.4 Å². The molecule has 0 radical (unpaired) electrons. The molecule has 1 aromatic heterocycles. The van der Waals surface area contributed by atoms with Crippen LogP contribution in [-0.2, 0) is 16.0 Å². The highest BCUT2D eigenvalue weighted by atomic mass is 16.5. The molecule has 7 heteroatoms. The highest BCUT2D eigenvalue weighted by Crippen LogP contribution is 2.42. The van der Waals surface area contributed by atoms with Gasteiger partial charge in [0.15, 0.2) is 11.4 Å². The zero-order chi connectivity index (χ0) is 20.6. The molecule has 1 aliphatic heterocycles. The van der Waals surface area contributed by atoms with E-state index in [1.54, 1.807) is 19.9 Å². The number of esters is 1. The van der Waals surface area contributed by atoms with Crippen LogP contribution in [0.25, 0.3) is 11.0 Å². The average Bonchev–Trinajstić information content (AvgIpc) is 2.58. The molecule has 0 N–H and O–H groups in total. The van der Waals surface area contributed by atoms with E-state index < -0.39 is 17.5 Å². The lowest BCUT2D eigenvalue weighted by Gasteiger charge is -2.29. The number of fused-ring (bicyclic) bond motifs is 3. The minimum Gasteiger partial charge on any atom is -0.490 e. The van der Waals surface area contributed by atoms with Crippen LogP contribution in [0.5, 0.6) is 11.5 Å². The van der Waals surface area contributed by atoms with Gasteiger partial charge in [0, 0.05) is 12.1 Å². The largest absolute Gasteiger partial charge is 0.490 e. The van der Waals surface area contributed by atoms with E-state index >= 15 is 0 Å². The minimum absolute atomic E-state index is 0.0868. The maximum Gasteiger partial charge on any atom is 0.336 e. The first kappa shape index (κ1) is 19.9. The van der Waals surface area contributed by atoms with Crippen LogP contribution in [-0.4, -0.2) is 30.6 Å². The number of hydrogen-bond acceptors (Lipinski definition) is 7. The number of hydrogen-bond donors (Lipinski definition) is 0. The first-order valence-electron chi connectivity index (χ1n) is 9.39. The average molecular weight is 388 g/mol. The molecule has 1 aliphatic rings. The highest BCUT2D eigenvalue weighted by Gasteiger charge is 2.36. The normalized spacial score (nSPS) is 18.7. The Hall–Kier alpha value is -2.83. The standard InChI is InChI=1S/C21H24O7/c1-6-25-16(22)7-13-8-17(23)28-21-18(13)14(26-10(2)3)9-15-19(21)20(24)11(4)12(5)27-15/h8-12H,6-7H2,1-5H3/t11-,12-/m1/s1. The molecule has 0 aliphatic carbocycles. The van der Waals surface area contributed by atoms with Gasteiger partial charge in [-0.3, -0.25) is 9.59 Å². The third-order valence-corrected chi connectivity index (χ3v) is 4.70. The summed E-state index contributed by atoms with van der Waals surface area (Å²) in [7, 11) is 0. The Morgan fingerprint density at radius 2 is 1.93 bits per heavy atom. The molecule has 2 heterocycles. The van der Waals surface area contributed by atoms with Gasteiger partial charge in [-0.25, -0.2) is 4.79 Å². The van der Waals surface area contributed by atoms with Gasteiger partial charge in [-0.15, -0.1) is 0 Å². The highest BCUT2D eigenvalue weighted by molar-refractivity contribution is 6.12. The maximum atomic E-state index is 12.9. The Kier molecular flexibility index (Phi) is 5.45. The molecule has 0 fully saturated rings. The zero-order valence-electron chi connectivity index (χ0n) is 16.7. The Bertz CT molecular complexity index is 986. The van der Waals surface area contributed by atoms with Crippen LogP contribution in [0.3, 0.4) is 0 Å². The molecule has 150 valence electrons. The van der Waals surface area contributed by atoms with E-state index in [0.717, 1.165) is 0 Å². The molecule has 0 saturated heterocycles. The molecule has 1 aromatic carbocycles. The molecule has 3 rings (SSSR count). The van der Waals surface area contributed by atoms with Crippen molar-refractivity contribution in [3.05, 3.63) is 33.7 Å². The summed E-state index contributed by atoms with van der Waals surface area (Å²) in [4.78, 5) is 37.2. The van der Waals surface area contributed by atoms with Gasteiger partial charge in [0.25, 0.3) is 0 Å². The Balaban J connectivity index is 2.32. The van der Waals surface area contributed by atoms with E-state index in [1.165, 1.54) is 6.07 Å². The van der Waals surface area contributed by atoms with Crippen molar-refractivity contribution >= 4 is 22.7 Å². The first-order valence-corrected chi connectivity index (χ1v) is 9.39. The summed E-state index contributed by atoms with van der Waals surface area (Å²) in [6, 6.07) is 2.87. The van der Waals surface area contributed by atoms with Gasteiger partial charge in [-0.05, 0) is 33.3 Å². The van der Waals surface area contributed by atoms with Crippen LogP contribution in [0, 0.1) is 5.92 Å². The lowest BCUT2D eigenvalue weighted by Crippen LogP contribution is -2.34. The minimum atomic E-state index is -0.658. The molecule has 0 amide bonds. The molecule has 2 aromatic rings. The first-order chi connectivity index (χ1) is 13.2. The molecule has 0 unspecified atom stereocenters. The second-order valence-electron chi connectivity index (χ2n) is 7.17. The molecule has 0 bridgehead atoms. The molecule has 0 spiro atoms. The number of carbonyl (C=O) groups is 2. The van der Waals surface area contributed by atoms with Gasteiger partial charge in [0.2, 0.25) is 0 Å². The fourth-order valence-electron chi connectivity index (χ4n) is 3.29. The zero-order valence-corrected chi connectivity index (χ0v) is 16.7. The SMILES string of the molecule is CCOC(=O)Cc1cc(=O)oc2c3c(cc(OC(C)C)c12)O[C@H](C)[C@@H](C)C3=O. The Morgan fingerprint density at radius 3 is 2.57 bits per heavy atom. The van der Waals surface area contributed by atoms with Crippen LogP contribution in [0.1, 0.15) is 50.5 Å².